The van der Waals surface area contributed by atoms with Crippen molar-refractivity contribution < 1.29 is 13.5 Å². The van der Waals surface area contributed by atoms with Gasteiger partial charge in [-0.15, -0.1) is 0 Å². The normalized spacial score (nSPS) is 10.3. The number of nitrogens with two attached hydrogens (primary N) is 1. The van der Waals surface area contributed by atoms with Gasteiger partial charge < -0.3 is 10.5 Å². The minimum atomic E-state index is -0.648. The predicted molar refractivity (Wildman–Crippen MR) is 53.0 cm³/mol. The Balaban J connectivity index is 2.27. The molecule has 0 aliphatic rings. The molecule has 0 atom stereocenters. The van der Waals surface area contributed by atoms with E-state index in [9.17, 15) is 8.78 Å². The van der Waals surface area contributed by atoms with Crippen molar-refractivity contribution >= 4 is 16.3 Å². The first kappa shape index (κ1) is 9.85. The Hall–Kier alpha value is -1.69. The number of nitrogen functional groups attached to an aromatic ring is 1. The van der Waals surface area contributed by atoms with Crippen molar-refractivity contribution in [1.82, 2.24) is 4.98 Å². The molecule has 1 heterocycles. The molecule has 0 aliphatic carbocycles. The molecule has 0 radical (unpaired) electrons. The number of ether oxygens (including phenoxy) is 1. The summed E-state index contributed by atoms with van der Waals surface area (Å²) in [6, 6.07) is 2.95. The van der Waals surface area contributed by atoms with Crippen molar-refractivity contribution in [1.29, 1.82) is 0 Å². The number of benzene rings is 1. The first-order valence-corrected chi connectivity index (χ1v) is 4.81. The highest BCUT2D eigenvalue weighted by molar-refractivity contribution is 7.17. The Morgan fingerprint density at radius 3 is 2.80 bits per heavy atom. The molecule has 2 aromatic rings. The molecule has 0 bridgehead atoms. The van der Waals surface area contributed by atoms with E-state index in [4.69, 9.17) is 10.5 Å². The summed E-state index contributed by atoms with van der Waals surface area (Å²) >= 11 is 1.05. The number of aromatic nitrogens is 1. The monoisotopic (exact) mass is 228 g/mol. The highest BCUT2D eigenvalue weighted by atomic mass is 32.1. The first-order chi connectivity index (χ1) is 7.15. The average Bonchev–Trinajstić information content (AvgIpc) is 2.58. The van der Waals surface area contributed by atoms with E-state index in [1.165, 1.54) is 6.20 Å². The lowest BCUT2D eigenvalue weighted by Crippen LogP contribution is -1.88. The van der Waals surface area contributed by atoms with Gasteiger partial charge in [0.1, 0.15) is 10.8 Å². The highest BCUT2D eigenvalue weighted by Gasteiger charge is 2.08. The van der Waals surface area contributed by atoms with Crippen molar-refractivity contribution in [3.8, 4) is 10.9 Å². The molecule has 0 saturated carbocycles. The molecule has 3 nitrogen and oxygen atoms in total. The zero-order valence-electron chi connectivity index (χ0n) is 7.41. The SMILES string of the molecule is Nc1cnc(Oc2cc(F)ccc2F)s1. The van der Waals surface area contributed by atoms with Crippen molar-refractivity contribution in [3.05, 3.63) is 36.0 Å². The summed E-state index contributed by atoms with van der Waals surface area (Å²) in [5.74, 6) is -1.43. The quantitative estimate of drug-likeness (QED) is 0.859. The molecule has 0 aliphatic heterocycles. The molecule has 2 rings (SSSR count). The van der Waals surface area contributed by atoms with E-state index in [0.717, 1.165) is 29.5 Å². The van der Waals surface area contributed by atoms with Crippen LogP contribution in [0, 0.1) is 11.6 Å². The summed E-state index contributed by atoms with van der Waals surface area (Å²) < 4.78 is 30.9. The van der Waals surface area contributed by atoms with Gasteiger partial charge in [-0.05, 0) is 12.1 Å². The van der Waals surface area contributed by atoms with Gasteiger partial charge >= 0.3 is 0 Å². The zero-order chi connectivity index (χ0) is 10.8. The van der Waals surface area contributed by atoms with E-state index in [-0.39, 0.29) is 10.9 Å². The fourth-order valence-electron chi connectivity index (χ4n) is 0.967. The summed E-state index contributed by atoms with van der Waals surface area (Å²) in [6.07, 6.45) is 1.39. The third kappa shape index (κ3) is 2.21. The van der Waals surface area contributed by atoms with Gasteiger partial charge in [-0.25, -0.2) is 13.8 Å². The number of halogens is 2. The zero-order valence-corrected chi connectivity index (χ0v) is 8.22. The highest BCUT2D eigenvalue weighted by Crippen LogP contribution is 2.29. The molecule has 15 heavy (non-hydrogen) atoms. The van der Waals surface area contributed by atoms with Crippen molar-refractivity contribution in [2.75, 3.05) is 5.73 Å². The number of nitrogens with zero attached hydrogens (tertiary/aromatic N) is 1. The summed E-state index contributed by atoms with van der Waals surface area (Å²) in [5, 5.41) is 0.624. The molecule has 0 unspecified atom stereocenters. The second-order valence-corrected chi connectivity index (χ2v) is 3.73. The van der Waals surface area contributed by atoms with E-state index in [1.807, 2.05) is 0 Å². The fraction of sp³-hybridized carbons (Fsp3) is 0. The minimum Gasteiger partial charge on any atom is -0.428 e. The first-order valence-electron chi connectivity index (χ1n) is 3.99. The van der Waals surface area contributed by atoms with Crippen molar-refractivity contribution in [2.24, 2.45) is 0 Å². The molecule has 6 heteroatoms. The van der Waals surface area contributed by atoms with Crippen LogP contribution in [0.15, 0.2) is 24.4 Å². The van der Waals surface area contributed by atoms with Gasteiger partial charge in [-0.3, -0.25) is 0 Å². The minimum absolute atomic E-state index is 0.178. The molecule has 2 N–H and O–H groups in total. The van der Waals surface area contributed by atoms with Gasteiger partial charge in [0.15, 0.2) is 11.6 Å². The Kier molecular flexibility index (Phi) is 2.51. The molecule has 1 aromatic heterocycles. The van der Waals surface area contributed by atoms with E-state index >= 15 is 0 Å². The lowest BCUT2D eigenvalue weighted by Gasteiger charge is -2.02. The van der Waals surface area contributed by atoms with Gasteiger partial charge in [0, 0.05) is 6.07 Å². The summed E-state index contributed by atoms with van der Waals surface area (Å²) in [7, 11) is 0. The van der Waals surface area contributed by atoms with Crippen LogP contribution in [0.3, 0.4) is 0 Å². The Bertz CT molecular complexity index is 487. The second-order valence-electron chi connectivity index (χ2n) is 2.71. The largest absolute Gasteiger partial charge is 0.428 e. The number of rotatable bonds is 2. The van der Waals surface area contributed by atoms with Crippen molar-refractivity contribution in [2.45, 2.75) is 0 Å². The van der Waals surface area contributed by atoms with Crippen LogP contribution in [-0.4, -0.2) is 4.98 Å². The van der Waals surface area contributed by atoms with Crippen LogP contribution < -0.4 is 10.5 Å². The van der Waals surface area contributed by atoms with Gasteiger partial charge in [0.05, 0.1) is 6.20 Å². The predicted octanol–water partition coefficient (Wildman–Crippen LogP) is 2.80. The van der Waals surface area contributed by atoms with Crippen molar-refractivity contribution in [3.63, 3.8) is 0 Å². The standard InChI is InChI=1S/C9H6F2N2OS/c10-5-1-2-6(11)7(3-5)14-9-13-4-8(12)15-9/h1-4H,12H2. The maximum Gasteiger partial charge on any atom is 0.280 e. The number of hydrogen-bond donors (Lipinski definition) is 1. The smallest absolute Gasteiger partial charge is 0.280 e. The van der Waals surface area contributed by atoms with Gasteiger partial charge in [-0.1, -0.05) is 11.3 Å². The second kappa shape index (κ2) is 3.82. The van der Waals surface area contributed by atoms with Gasteiger partial charge in [0.25, 0.3) is 5.19 Å². The van der Waals surface area contributed by atoms with Crippen LogP contribution in [0.1, 0.15) is 0 Å². The molecule has 0 amide bonds. The van der Waals surface area contributed by atoms with E-state index in [1.54, 1.807) is 0 Å². The Labute approximate surface area is 88.1 Å². The van der Waals surface area contributed by atoms with Crippen LogP contribution in [0.4, 0.5) is 13.8 Å². The third-order valence-corrected chi connectivity index (χ3v) is 2.30. The molecular formula is C9H6F2N2OS. The molecule has 1 aromatic carbocycles. The fourth-order valence-corrected chi connectivity index (χ4v) is 1.51. The van der Waals surface area contributed by atoms with E-state index in [0.29, 0.717) is 5.00 Å². The average molecular weight is 228 g/mol. The van der Waals surface area contributed by atoms with Gasteiger partial charge in [0.2, 0.25) is 0 Å². The van der Waals surface area contributed by atoms with Gasteiger partial charge in [-0.2, -0.15) is 0 Å². The van der Waals surface area contributed by atoms with Crippen LogP contribution in [-0.2, 0) is 0 Å². The van der Waals surface area contributed by atoms with E-state index in [2.05, 4.69) is 4.98 Å². The molecule has 0 saturated heterocycles. The van der Waals surface area contributed by atoms with Crippen LogP contribution >= 0.6 is 11.3 Å². The van der Waals surface area contributed by atoms with E-state index < -0.39 is 11.6 Å². The molecule has 78 valence electrons. The number of thiazole rings is 1. The van der Waals surface area contributed by atoms with Crippen LogP contribution in [0.5, 0.6) is 10.9 Å². The maximum atomic E-state index is 13.1. The number of anilines is 1. The third-order valence-electron chi connectivity index (χ3n) is 1.59. The molecular weight excluding hydrogens is 222 g/mol. The summed E-state index contributed by atoms with van der Waals surface area (Å²) in [6.45, 7) is 0. The lowest BCUT2D eigenvalue weighted by molar-refractivity contribution is 0.434. The Morgan fingerprint density at radius 1 is 1.33 bits per heavy atom. The lowest BCUT2D eigenvalue weighted by atomic mass is 10.3. The summed E-state index contributed by atoms with van der Waals surface area (Å²) in [5.41, 5.74) is 5.41. The van der Waals surface area contributed by atoms with Crippen LogP contribution in [0.25, 0.3) is 0 Å². The topological polar surface area (TPSA) is 48.1 Å². The number of hydrogen-bond acceptors (Lipinski definition) is 4. The molecule has 0 spiro atoms. The summed E-state index contributed by atoms with van der Waals surface area (Å²) in [4.78, 5) is 3.76. The Morgan fingerprint density at radius 2 is 2.13 bits per heavy atom. The molecule has 0 fully saturated rings. The maximum absolute atomic E-state index is 13.1. The van der Waals surface area contributed by atoms with Crippen LogP contribution in [0.2, 0.25) is 0 Å².